The van der Waals surface area contributed by atoms with E-state index in [2.05, 4.69) is 33.0 Å². The van der Waals surface area contributed by atoms with Crippen LogP contribution >= 0.6 is 15.9 Å². The zero-order chi connectivity index (χ0) is 12.3. The summed E-state index contributed by atoms with van der Waals surface area (Å²) in [5.74, 6) is 1.25. The summed E-state index contributed by atoms with van der Waals surface area (Å²) < 4.78 is 16.2. The first-order valence-electron chi connectivity index (χ1n) is 5.83. The van der Waals surface area contributed by atoms with Crippen LogP contribution in [0.25, 0.3) is 0 Å². The fourth-order valence-corrected chi connectivity index (χ4v) is 2.13. The van der Waals surface area contributed by atoms with Crippen molar-refractivity contribution in [3.8, 4) is 0 Å². The summed E-state index contributed by atoms with van der Waals surface area (Å²) in [6, 6.07) is 0. The molecule has 17 heavy (non-hydrogen) atoms. The number of hydrogen-bond donors (Lipinski definition) is 0. The van der Waals surface area contributed by atoms with E-state index in [0.717, 1.165) is 19.3 Å². The summed E-state index contributed by atoms with van der Waals surface area (Å²) in [6.45, 7) is 3.40. The van der Waals surface area contributed by atoms with Gasteiger partial charge in [-0.25, -0.2) is 0 Å². The number of nitrogens with zero attached hydrogens (tertiary/aromatic N) is 2. The maximum atomic E-state index is 5.61. The monoisotopic (exact) mass is 304 g/mol. The lowest BCUT2D eigenvalue weighted by molar-refractivity contribution is -0.101. The van der Waals surface area contributed by atoms with Gasteiger partial charge in [-0.1, -0.05) is 28.0 Å². The highest BCUT2D eigenvalue weighted by Crippen LogP contribution is 2.35. The van der Waals surface area contributed by atoms with Crippen molar-refractivity contribution < 1.29 is 14.0 Å². The molecule has 96 valence electrons. The number of halogens is 1. The molecule has 0 N–H and O–H groups in total. The molecule has 2 heterocycles. The molecule has 0 bridgehead atoms. The molecule has 0 amide bonds. The van der Waals surface area contributed by atoms with E-state index in [1.807, 2.05) is 0 Å². The lowest BCUT2D eigenvalue weighted by Crippen LogP contribution is -2.36. The van der Waals surface area contributed by atoms with Crippen molar-refractivity contribution >= 4 is 15.9 Å². The molecule has 0 aliphatic carbocycles. The molecular weight excluding hydrogens is 288 g/mol. The Labute approximate surface area is 109 Å². The van der Waals surface area contributed by atoms with Crippen LogP contribution in [0.4, 0.5) is 0 Å². The van der Waals surface area contributed by atoms with Gasteiger partial charge in [0, 0.05) is 33.2 Å². The number of ether oxygens (including phenoxy) is 2. The molecule has 1 fully saturated rings. The van der Waals surface area contributed by atoms with Crippen LogP contribution in [0.2, 0.25) is 0 Å². The van der Waals surface area contributed by atoms with E-state index in [0.29, 0.717) is 24.9 Å². The molecule has 1 atom stereocenters. The molecular formula is C11H17BrN2O3. The second-order valence-electron chi connectivity index (χ2n) is 4.14. The topological polar surface area (TPSA) is 57.4 Å². The SMILES string of the molecule is CCC(Br)c1nc(C2(OC)CCOCC2)no1. The Morgan fingerprint density at radius 3 is 2.76 bits per heavy atom. The summed E-state index contributed by atoms with van der Waals surface area (Å²) in [6.07, 6.45) is 2.44. The van der Waals surface area contributed by atoms with Crippen LogP contribution in [0.5, 0.6) is 0 Å². The van der Waals surface area contributed by atoms with Crippen LogP contribution in [0.3, 0.4) is 0 Å². The third-order valence-corrected chi connectivity index (χ3v) is 4.21. The maximum Gasteiger partial charge on any atom is 0.240 e. The molecule has 1 aliphatic heterocycles. The van der Waals surface area contributed by atoms with Crippen molar-refractivity contribution in [3.63, 3.8) is 0 Å². The van der Waals surface area contributed by atoms with Crippen LogP contribution in [-0.4, -0.2) is 30.5 Å². The summed E-state index contributed by atoms with van der Waals surface area (Å²) in [4.78, 5) is 4.55. The molecule has 0 saturated carbocycles. The van der Waals surface area contributed by atoms with E-state index in [1.54, 1.807) is 7.11 Å². The van der Waals surface area contributed by atoms with Gasteiger partial charge in [0.2, 0.25) is 11.7 Å². The van der Waals surface area contributed by atoms with E-state index in [-0.39, 0.29) is 4.83 Å². The highest BCUT2D eigenvalue weighted by Gasteiger charge is 2.39. The fraction of sp³-hybridized carbons (Fsp3) is 0.818. The summed E-state index contributed by atoms with van der Waals surface area (Å²) in [5.41, 5.74) is -0.444. The van der Waals surface area contributed by atoms with Crippen LogP contribution < -0.4 is 0 Å². The molecule has 1 saturated heterocycles. The van der Waals surface area contributed by atoms with E-state index in [9.17, 15) is 0 Å². The minimum Gasteiger partial charge on any atom is -0.381 e. The number of alkyl halides is 1. The van der Waals surface area contributed by atoms with Gasteiger partial charge in [0.15, 0.2) is 0 Å². The van der Waals surface area contributed by atoms with E-state index >= 15 is 0 Å². The van der Waals surface area contributed by atoms with E-state index in [4.69, 9.17) is 14.0 Å². The quantitative estimate of drug-likeness (QED) is 0.800. The number of aromatic nitrogens is 2. The van der Waals surface area contributed by atoms with Crippen molar-refractivity contribution in [2.45, 2.75) is 36.6 Å². The molecule has 1 unspecified atom stereocenters. The third-order valence-electron chi connectivity index (χ3n) is 3.17. The maximum absolute atomic E-state index is 5.61. The standard InChI is InChI=1S/C11H17BrN2O3/c1-3-8(12)9-13-10(14-17-9)11(15-2)4-6-16-7-5-11/h8H,3-7H2,1-2H3. The minimum atomic E-state index is -0.444. The predicted octanol–water partition coefficient (Wildman–Crippen LogP) is 2.57. The summed E-state index contributed by atoms with van der Waals surface area (Å²) in [7, 11) is 1.69. The second kappa shape index (κ2) is 5.46. The average Bonchev–Trinajstić information content (AvgIpc) is 2.88. The zero-order valence-electron chi connectivity index (χ0n) is 10.1. The highest BCUT2D eigenvalue weighted by molar-refractivity contribution is 9.09. The van der Waals surface area contributed by atoms with Gasteiger partial charge < -0.3 is 14.0 Å². The molecule has 1 aromatic rings. The van der Waals surface area contributed by atoms with Crippen LogP contribution in [0, 0.1) is 0 Å². The van der Waals surface area contributed by atoms with Crippen molar-refractivity contribution in [1.82, 2.24) is 10.1 Å². The predicted molar refractivity (Wildman–Crippen MR) is 65.0 cm³/mol. The second-order valence-corrected chi connectivity index (χ2v) is 5.25. The summed E-state index contributed by atoms with van der Waals surface area (Å²) in [5, 5.41) is 4.06. The van der Waals surface area contributed by atoms with Crippen molar-refractivity contribution in [2.75, 3.05) is 20.3 Å². The Bertz CT molecular complexity index is 363. The first kappa shape index (κ1) is 13.0. The van der Waals surface area contributed by atoms with Crippen molar-refractivity contribution in [2.24, 2.45) is 0 Å². The Morgan fingerprint density at radius 1 is 1.47 bits per heavy atom. The average molecular weight is 305 g/mol. The molecule has 0 radical (unpaired) electrons. The number of rotatable bonds is 4. The molecule has 5 nitrogen and oxygen atoms in total. The normalized spacial score (nSPS) is 21.4. The van der Waals surface area contributed by atoms with Crippen molar-refractivity contribution in [1.29, 1.82) is 0 Å². The molecule has 6 heteroatoms. The van der Waals surface area contributed by atoms with Gasteiger partial charge in [-0.3, -0.25) is 0 Å². The lowest BCUT2D eigenvalue weighted by Gasteiger charge is -2.32. The van der Waals surface area contributed by atoms with Crippen LogP contribution in [0.15, 0.2) is 4.52 Å². The minimum absolute atomic E-state index is 0.109. The van der Waals surface area contributed by atoms with Gasteiger partial charge >= 0.3 is 0 Å². The van der Waals surface area contributed by atoms with Gasteiger partial charge in [-0.15, -0.1) is 0 Å². The molecule has 1 aromatic heterocycles. The van der Waals surface area contributed by atoms with Crippen molar-refractivity contribution in [3.05, 3.63) is 11.7 Å². The van der Waals surface area contributed by atoms with Gasteiger partial charge in [0.05, 0.1) is 4.83 Å². The largest absolute Gasteiger partial charge is 0.381 e. The van der Waals surface area contributed by atoms with E-state index in [1.165, 1.54) is 0 Å². The Balaban J connectivity index is 2.22. The molecule has 0 aromatic carbocycles. The Morgan fingerprint density at radius 2 is 2.18 bits per heavy atom. The molecule has 1 aliphatic rings. The van der Waals surface area contributed by atoms with Crippen LogP contribution in [0.1, 0.15) is 42.7 Å². The molecule has 0 spiro atoms. The highest BCUT2D eigenvalue weighted by atomic mass is 79.9. The van der Waals surface area contributed by atoms with Gasteiger partial charge in [0.1, 0.15) is 5.60 Å². The Hall–Kier alpha value is -0.460. The van der Waals surface area contributed by atoms with Crippen LogP contribution in [-0.2, 0) is 15.1 Å². The number of methoxy groups -OCH3 is 1. The van der Waals surface area contributed by atoms with E-state index < -0.39 is 5.60 Å². The first-order chi connectivity index (χ1) is 8.22. The lowest BCUT2D eigenvalue weighted by atomic mass is 9.93. The number of hydrogen-bond acceptors (Lipinski definition) is 5. The summed E-state index contributed by atoms with van der Waals surface area (Å²) >= 11 is 3.50. The fourth-order valence-electron chi connectivity index (χ4n) is 1.94. The smallest absolute Gasteiger partial charge is 0.240 e. The van der Waals surface area contributed by atoms with Gasteiger partial charge in [0.25, 0.3) is 0 Å². The first-order valence-corrected chi connectivity index (χ1v) is 6.74. The zero-order valence-corrected chi connectivity index (χ0v) is 11.7. The Kier molecular flexibility index (Phi) is 4.17. The third kappa shape index (κ3) is 2.53. The molecule has 2 rings (SSSR count). The van der Waals surface area contributed by atoms with Gasteiger partial charge in [-0.2, -0.15) is 4.98 Å². The van der Waals surface area contributed by atoms with Gasteiger partial charge in [-0.05, 0) is 6.42 Å².